The molecular weight excluding hydrogens is 378 g/mol. The summed E-state index contributed by atoms with van der Waals surface area (Å²) in [5.74, 6) is 1.92. The summed E-state index contributed by atoms with van der Waals surface area (Å²) in [6, 6.07) is 6.79. The van der Waals surface area contributed by atoms with Gasteiger partial charge in [0.15, 0.2) is 0 Å². The Labute approximate surface area is 181 Å². The molecule has 2 aromatic rings. The molecule has 6 heteroatoms. The third-order valence-electron chi connectivity index (χ3n) is 5.80. The van der Waals surface area contributed by atoms with E-state index in [1.807, 2.05) is 12.1 Å². The first-order chi connectivity index (χ1) is 13.8. The third-order valence-corrected chi connectivity index (χ3v) is 6.85. The van der Waals surface area contributed by atoms with Crippen molar-refractivity contribution in [2.24, 2.45) is 5.92 Å². The van der Waals surface area contributed by atoms with Gasteiger partial charge in [-0.3, -0.25) is 0 Å². The Bertz CT molecular complexity index is 788. The largest absolute Gasteiger partial charge is 0.327 e. The maximum absolute atomic E-state index is 5.12. The maximum Gasteiger partial charge on any atom is 0.115 e. The van der Waals surface area contributed by atoms with E-state index in [1.165, 1.54) is 36.3 Å². The molecule has 29 heavy (non-hydrogen) atoms. The molecule has 1 fully saturated rings. The number of hydrogen-bond acceptors (Lipinski definition) is 5. The normalized spacial score (nSPS) is 17.0. The van der Waals surface area contributed by atoms with Crippen LogP contribution in [0.2, 0.25) is 0 Å². The molecule has 3 rings (SSSR count). The maximum atomic E-state index is 5.12. The summed E-state index contributed by atoms with van der Waals surface area (Å²) in [5.41, 5.74) is 3.64. The zero-order valence-corrected chi connectivity index (χ0v) is 20.0. The van der Waals surface area contributed by atoms with Gasteiger partial charge in [0.1, 0.15) is 5.82 Å². The van der Waals surface area contributed by atoms with Gasteiger partial charge in [0.05, 0.1) is 16.7 Å². The molecular formula is C23H39N5S. The minimum Gasteiger partial charge on any atom is -0.327 e. The standard InChI is InChI=1S/C23H39N5S/c1-7-9-18(8-2)17-28-21-11-10-19(16-20(21)25-22(28)23(3,4)5)26(6)29-27-14-12-24-13-15-27/h10-11,16,18,24H,7-9,12-15,17H2,1-6H3. The highest BCUT2D eigenvalue weighted by Gasteiger charge is 2.24. The molecule has 162 valence electrons. The molecule has 0 radical (unpaired) electrons. The number of nitrogens with zero attached hydrogens (tertiary/aromatic N) is 4. The van der Waals surface area contributed by atoms with Gasteiger partial charge in [-0.1, -0.05) is 47.5 Å². The van der Waals surface area contributed by atoms with Crippen molar-refractivity contribution in [3.8, 4) is 0 Å². The van der Waals surface area contributed by atoms with E-state index in [0.29, 0.717) is 5.92 Å². The number of piperazine rings is 1. The summed E-state index contributed by atoms with van der Waals surface area (Å²) in [6.07, 6.45) is 3.75. The predicted molar refractivity (Wildman–Crippen MR) is 128 cm³/mol. The number of imidazole rings is 1. The van der Waals surface area contributed by atoms with Crippen LogP contribution in [0.15, 0.2) is 18.2 Å². The molecule has 5 nitrogen and oxygen atoms in total. The molecule has 0 saturated carbocycles. The lowest BCUT2D eigenvalue weighted by molar-refractivity contribution is 0.382. The van der Waals surface area contributed by atoms with Crippen LogP contribution in [0.1, 0.15) is 59.7 Å². The summed E-state index contributed by atoms with van der Waals surface area (Å²) >= 11 is 1.81. The molecule has 0 spiro atoms. The molecule has 1 unspecified atom stereocenters. The van der Waals surface area contributed by atoms with Crippen LogP contribution < -0.4 is 9.62 Å². The third kappa shape index (κ3) is 5.47. The number of rotatable bonds is 8. The van der Waals surface area contributed by atoms with E-state index >= 15 is 0 Å². The molecule has 0 aliphatic carbocycles. The fourth-order valence-corrected chi connectivity index (χ4v) is 5.01. The molecule has 1 aromatic heterocycles. The minimum absolute atomic E-state index is 0.0329. The average molecular weight is 418 g/mol. The predicted octanol–water partition coefficient (Wildman–Crippen LogP) is 5.06. The number of benzene rings is 1. The summed E-state index contributed by atoms with van der Waals surface area (Å²) in [5, 5.41) is 3.42. The van der Waals surface area contributed by atoms with E-state index in [1.54, 1.807) is 0 Å². The molecule has 2 heterocycles. The zero-order chi connectivity index (χ0) is 21.0. The molecule has 0 bridgehead atoms. The monoisotopic (exact) mass is 417 g/mol. The molecule has 1 aromatic carbocycles. The van der Waals surface area contributed by atoms with Crippen LogP contribution >= 0.6 is 12.1 Å². The molecule has 0 amide bonds. The smallest absolute Gasteiger partial charge is 0.115 e. The molecule has 1 saturated heterocycles. The molecule has 1 aliphatic heterocycles. The fourth-order valence-electron chi connectivity index (χ4n) is 4.11. The van der Waals surface area contributed by atoms with Crippen molar-refractivity contribution in [1.82, 2.24) is 19.2 Å². The highest BCUT2D eigenvalue weighted by atomic mass is 32.2. The Balaban J connectivity index is 1.89. The van der Waals surface area contributed by atoms with Gasteiger partial charge < -0.3 is 14.2 Å². The van der Waals surface area contributed by atoms with Gasteiger partial charge in [0, 0.05) is 57.3 Å². The van der Waals surface area contributed by atoms with E-state index in [4.69, 9.17) is 4.98 Å². The van der Waals surface area contributed by atoms with Gasteiger partial charge in [0.2, 0.25) is 0 Å². The van der Waals surface area contributed by atoms with Crippen LogP contribution in [0.3, 0.4) is 0 Å². The number of hydrogen-bond donors (Lipinski definition) is 1. The van der Waals surface area contributed by atoms with Crippen LogP contribution in [-0.2, 0) is 12.0 Å². The van der Waals surface area contributed by atoms with Crippen LogP contribution in [0.25, 0.3) is 11.0 Å². The van der Waals surface area contributed by atoms with Crippen molar-refractivity contribution in [3.63, 3.8) is 0 Å². The second-order valence-corrected chi connectivity index (χ2v) is 10.5. The second kappa shape index (κ2) is 9.71. The summed E-state index contributed by atoms with van der Waals surface area (Å²) < 4.78 is 7.19. The Morgan fingerprint density at radius 2 is 1.93 bits per heavy atom. The number of fused-ring (bicyclic) bond motifs is 1. The average Bonchev–Trinajstić information content (AvgIpc) is 3.06. The highest BCUT2D eigenvalue weighted by molar-refractivity contribution is 7.98. The Hall–Kier alpha value is -1.24. The van der Waals surface area contributed by atoms with Gasteiger partial charge >= 0.3 is 0 Å². The summed E-state index contributed by atoms with van der Waals surface area (Å²) in [7, 11) is 2.16. The van der Waals surface area contributed by atoms with E-state index in [2.05, 4.69) is 78.4 Å². The van der Waals surface area contributed by atoms with Crippen molar-refractivity contribution in [2.45, 2.75) is 65.8 Å². The lowest BCUT2D eigenvalue weighted by Crippen LogP contribution is -2.41. The summed E-state index contributed by atoms with van der Waals surface area (Å²) in [6.45, 7) is 16.8. The lowest BCUT2D eigenvalue weighted by atomic mass is 9.94. The van der Waals surface area contributed by atoms with E-state index in [-0.39, 0.29) is 5.41 Å². The number of anilines is 1. The van der Waals surface area contributed by atoms with Crippen molar-refractivity contribution in [1.29, 1.82) is 0 Å². The van der Waals surface area contributed by atoms with E-state index < -0.39 is 0 Å². The van der Waals surface area contributed by atoms with E-state index in [9.17, 15) is 0 Å². The topological polar surface area (TPSA) is 36.3 Å². The fraction of sp³-hybridized carbons (Fsp3) is 0.696. The minimum atomic E-state index is 0.0329. The van der Waals surface area contributed by atoms with Gasteiger partial charge in [-0.15, -0.1) is 0 Å². The van der Waals surface area contributed by atoms with Crippen molar-refractivity contribution in [3.05, 3.63) is 24.0 Å². The SMILES string of the molecule is CCCC(CC)Cn1c(C(C)(C)C)nc2cc(N(C)SN3CCNCC3)ccc21. The first-order valence-corrected chi connectivity index (χ1v) is 11.9. The Morgan fingerprint density at radius 1 is 1.21 bits per heavy atom. The summed E-state index contributed by atoms with van der Waals surface area (Å²) in [4.78, 5) is 5.12. The highest BCUT2D eigenvalue weighted by Crippen LogP contribution is 2.32. The van der Waals surface area contributed by atoms with Gasteiger partial charge in [-0.2, -0.15) is 0 Å². The van der Waals surface area contributed by atoms with Gasteiger partial charge in [0.25, 0.3) is 0 Å². The Kier molecular flexibility index (Phi) is 7.52. The Morgan fingerprint density at radius 3 is 2.55 bits per heavy atom. The zero-order valence-electron chi connectivity index (χ0n) is 19.2. The lowest BCUT2D eigenvalue weighted by Gasteiger charge is -2.30. The van der Waals surface area contributed by atoms with E-state index in [0.717, 1.165) is 38.2 Å². The van der Waals surface area contributed by atoms with Crippen LogP contribution in [0, 0.1) is 5.92 Å². The second-order valence-electron chi connectivity index (χ2n) is 9.29. The van der Waals surface area contributed by atoms with Crippen LogP contribution in [0.4, 0.5) is 5.69 Å². The number of nitrogens with one attached hydrogen (secondary N) is 1. The number of aromatic nitrogens is 2. The quantitative estimate of drug-likeness (QED) is 0.607. The van der Waals surface area contributed by atoms with Crippen molar-refractivity contribution >= 4 is 28.9 Å². The van der Waals surface area contributed by atoms with Crippen LogP contribution in [-0.4, -0.2) is 47.1 Å². The first kappa shape index (κ1) is 22.4. The van der Waals surface area contributed by atoms with Gasteiger partial charge in [-0.05, 0) is 30.5 Å². The molecule has 1 aliphatic rings. The first-order valence-electron chi connectivity index (χ1n) is 11.2. The van der Waals surface area contributed by atoms with Crippen molar-refractivity contribution < 1.29 is 0 Å². The molecule has 1 atom stereocenters. The van der Waals surface area contributed by atoms with Gasteiger partial charge in [-0.25, -0.2) is 9.29 Å². The van der Waals surface area contributed by atoms with Crippen molar-refractivity contribution in [2.75, 3.05) is 37.5 Å². The van der Waals surface area contributed by atoms with Crippen LogP contribution in [0.5, 0.6) is 0 Å². The molecule has 1 N–H and O–H groups in total.